The van der Waals surface area contributed by atoms with Crippen LogP contribution in [0.1, 0.15) is 27.9 Å². The van der Waals surface area contributed by atoms with Gasteiger partial charge in [0.25, 0.3) is 5.91 Å². The van der Waals surface area contributed by atoms with Crippen LogP contribution in [0.25, 0.3) is 11.0 Å². The summed E-state index contributed by atoms with van der Waals surface area (Å²) in [5, 5.41) is 21.9. The molecule has 1 aliphatic rings. The molecule has 1 aliphatic heterocycles. The standard InChI is InChI=1S/C25H17ClN2O5/c26-16-7-8-19-15(10-16)12-20(33-19)23(30)21-22(14-4-3-6-18(29)11-14)28(25(32)24(21)31)13-17-5-1-2-9-27-17/h1-12,22,29,31H,13H2. The molecule has 0 aliphatic carbocycles. The van der Waals surface area contributed by atoms with Gasteiger partial charge in [0.05, 0.1) is 23.9 Å². The number of furan rings is 1. The van der Waals surface area contributed by atoms with Crippen LogP contribution in [0.15, 0.2) is 88.7 Å². The molecule has 0 saturated heterocycles. The predicted octanol–water partition coefficient (Wildman–Crippen LogP) is 4.97. The zero-order chi connectivity index (χ0) is 23.1. The second-order valence-electron chi connectivity index (χ2n) is 7.64. The second-order valence-corrected chi connectivity index (χ2v) is 8.07. The summed E-state index contributed by atoms with van der Waals surface area (Å²) in [4.78, 5) is 32.2. The molecule has 0 bridgehead atoms. The van der Waals surface area contributed by atoms with Crippen LogP contribution < -0.4 is 0 Å². The quantitative estimate of drug-likeness (QED) is 0.408. The molecule has 0 fully saturated rings. The number of hydrogen-bond donors (Lipinski definition) is 2. The van der Waals surface area contributed by atoms with Gasteiger partial charge in [0.2, 0.25) is 5.78 Å². The van der Waals surface area contributed by atoms with Crippen LogP contribution in [0.3, 0.4) is 0 Å². The van der Waals surface area contributed by atoms with Crippen LogP contribution in [0, 0.1) is 0 Å². The topological polar surface area (TPSA) is 104 Å². The van der Waals surface area contributed by atoms with E-state index in [9.17, 15) is 19.8 Å². The maximum absolute atomic E-state index is 13.5. The molecule has 4 aromatic rings. The average Bonchev–Trinajstić information content (AvgIpc) is 3.33. The Morgan fingerprint density at radius 1 is 1.06 bits per heavy atom. The number of halogens is 1. The number of benzene rings is 2. The number of amides is 1. The fourth-order valence-electron chi connectivity index (χ4n) is 4.02. The molecule has 2 aromatic heterocycles. The maximum Gasteiger partial charge on any atom is 0.290 e. The fourth-order valence-corrected chi connectivity index (χ4v) is 4.20. The smallest absolute Gasteiger partial charge is 0.290 e. The maximum atomic E-state index is 13.5. The zero-order valence-corrected chi connectivity index (χ0v) is 17.9. The summed E-state index contributed by atoms with van der Waals surface area (Å²) < 4.78 is 5.70. The molecular formula is C25H17ClN2O5. The number of rotatable bonds is 5. The summed E-state index contributed by atoms with van der Waals surface area (Å²) in [7, 11) is 0. The molecule has 0 spiro atoms. The third-order valence-corrected chi connectivity index (χ3v) is 5.73. The Morgan fingerprint density at radius 3 is 2.67 bits per heavy atom. The lowest BCUT2D eigenvalue weighted by molar-refractivity contribution is -0.130. The summed E-state index contributed by atoms with van der Waals surface area (Å²) in [6.07, 6.45) is 1.60. The highest BCUT2D eigenvalue weighted by Gasteiger charge is 2.44. The fraction of sp³-hybridized carbons (Fsp3) is 0.0800. The molecule has 0 radical (unpaired) electrons. The van der Waals surface area contributed by atoms with E-state index in [4.69, 9.17) is 16.0 Å². The number of phenolic OH excluding ortho intramolecular Hbond substituents is 1. The molecule has 7 nitrogen and oxygen atoms in total. The molecule has 1 atom stereocenters. The van der Waals surface area contributed by atoms with E-state index in [1.807, 2.05) is 0 Å². The van der Waals surface area contributed by atoms with Gasteiger partial charge in [-0.1, -0.05) is 29.8 Å². The van der Waals surface area contributed by atoms with Crippen LogP contribution in [-0.2, 0) is 11.3 Å². The molecule has 2 aromatic carbocycles. The number of carbonyl (C=O) groups is 2. The lowest BCUT2D eigenvalue weighted by atomic mass is 9.94. The molecule has 3 heterocycles. The van der Waals surface area contributed by atoms with Crippen molar-refractivity contribution in [3.63, 3.8) is 0 Å². The molecule has 5 rings (SSSR count). The third-order valence-electron chi connectivity index (χ3n) is 5.49. The number of aliphatic hydroxyl groups is 1. The molecule has 164 valence electrons. The number of phenols is 1. The van der Waals surface area contributed by atoms with Gasteiger partial charge in [-0.05, 0) is 54.1 Å². The SMILES string of the molecule is O=C(C1=C(O)C(=O)N(Cc2ccccn2)C1c1cccc(O)c1)c1cc2cc(Cl)ccc2o1. The highest BCUT2D eigenvalue weighted by atomic mass is 35.5. The van der Waals surface area contributed by atoms with E-state index in [0.717, 1.165) is 0 Å². The van der Waals surface area contributed by atoms with Crippen molar-refractivity contribution in [3.05, 3.63) is 106 Å². The van der Waals surface area contributed by atoms with Crippen molar-refractivity contribution in [1.82, 2.24) is 9.88 Å². The number of hydrogen-bond acceptors (Lipinski definition) is 6. The van der Waals surface area contributed by atoms with Gasteiger partial charge in [0, 0.05) is 16.6 Å². The monoisotopic (exact) mass is 460 g/mol. The number of Topliss-reactive ketones (excluding diaryl/α,β-unsaturated/α-hetero) is 1. The minimum absolute atomic E-state index is 0.0331. The minimum Gasteiger partial charge on any atom is -0.508 e. The van der Waals surface area contributed by atoms with Crippen molar-refractivity contribution >= 4 is 34.3 Å². The van der Waals surface area contributed by atoms with Crippen LogP contribution in [0.4, 0.5) is 0 Å². The summed E-state index contributed by atoms with van der Waals surface area (Å²) >= 11 is 6.03. The Balaban J connectivity index is 1.61. The number of carbonyl (C=O) groups excluding carboxylic acids is 2. The number of fused-ring (bicyclic) bond motifs is 1. The summed E-state index contributed by atoms with van der Waals surface area (Å²) in [6.45, 7) is 0.0522. The Bertz CT molecular complexity index is 1430. The number of aliphatic hydroxyl groups excluding tert-OH is 1. The summed E-state index contributed by atoms with van der Waals surface area (Å²) in [5.74, 6) is -2.08. The minimum atomic E-state index is -0.948. The number of ketones is 1. The first-order valence-corrected chi connectivity index (χ1v) is 10.5. The van der Waals surface area contributed by atoms with Gasteiger partial charge >= 0.3 is 0 Å². The molecule has 0 saturated carbocycles. The van der Waals surface area contributed by atoms with Crippen molar-refractivity contribution in [3.8, 4) is 5.75 Å². The number of aromatic hydroxyl groups is 1. The van der Waals surface area contributed by atoms with Crippen LogP contribution >= 0.6 is 11.6 Å². The van der Waals surface area contributed by atoms with Crippen molar-refractivity contribution < 1.29 is 24.2 Å². The third kappa shape index (κ3) is 3.72. The van der Waals surface area contributed by atoms with E-state index in [2.05, 4.69) is 4.98 Å². The van der Waals surface area contributed by atoms with Gasteiger partial charge < -0.3 is 19.5 Å². The summed E-state index contributed by atoms with van der Waals surface area (Å²) in [5.41, 5.74) is 1.36. The number of nitrogens with zero attached hydrogens (tertiary/aromatic N) is 2. The van der Waals surface area contributed by atoms with Crippen molar-refractivity contribution in [2.75, 3.05) is 0 Å². The van der Waals surface area contributed by atoms with E-state index in [-0.39, 0.29) is 23.6 Å². The molecule has 8 heteroatoms. The first-order valence-electron chi connectivity index (χ1n) is 10.1. The Labute approximate surface area is 193 Å². The largest absolute Gasteiger partial charge is 0.508 e. The first-order chi connectivity index (χ1) is 15.9. The van der Waals surface area contributed by atoms with Crippen molar-refractivity contribution in [1.29, 1.82) is 0 Å². The number of pyridine rings is 1. The van der Waals surface area contributed by atoms with E-state index in [1.165, 1.54) is 23.1 Å². The normalized spacial score (nSPS) is 16.1. The van der Waals surface area contributed by atoms with Crippen molar-refractivity contribution in [2.45, 2.75) is 12.6 Å². The van der Waals surface area contributed by atoms with Gasteiger partial charge in [-0.2, -0.15) is 0 Å². The van der Waals surface area contributed by atoms with E-state index < -0.39 is 23.5 Å². The Kier molecular flexibility index (Phi) is 5.11. The molecule has 33 heavy (non-hydrogen) atoms. The Morgan fingerprint density at radius 2 is 1.91 bits per heavy atom. The lowest BCUT2D eigenvalue weighted by Gasteiger charge is -2.26. The second kappa shape index (κ2) is 8.11. The Hall–Kier alpha value is -4.10. The molecule has 2 N–H and O–H groups in total. The predicted molar refractivity (Wildman–Crippen MR) is 121 cm³/mol. The summed E-state index contributed by atoms with van der Waals surface area (Å²) in [6, 6.07) is 17.0. The lowest BCUT2D eigenvalue weighted by Crippen LogP contribution is -2.31. The van der Waals surface area contributed by atoms with Crippen LogP contribution in [0.5, 0.6) is 5.75 Å². The average molecular weight is 461 g/mol. The number of aromatic nitrogens is 1. The van der Waals surface area contributed by atoms with Crippen LogP contribution in [0.2, 0.25) is 5.02 Å². The van der Waals surface area contributed by atoms with Gasteiger partial charge in [0.1, 0.15) is 11.3 Å². The highest BCUT2D eigenvalue weighted by molar-refractivity contribution is 6.31. The van der Waals surface area contributed by atoms with E-state index in [1.54, 1.807) is 54.7 Å². The van der Waals surface area contributed by atoms with E-state index in [0.29, 0.717) is 27.2 Å². The molecular weight excluding hydrogens is 444 g/mol. The van der Waals surface area contributed by atoms with Gasteiger partial charge in [-0.15, -0.1) is 0 Å². The van der Waals surface area contributed by atoms with Crippen LogP contribution in [-0.4, -0.2) is 31.8 Å². The zero-order valence-electron chi connectivity index (χ0n) is 17.1. The van der Waals surface area contributed by atoms with E-state index >= 15 is 0 Å². The van der Waals surface area contributed by atoms with Gasteiger partial charge in [0.15, 0.2) is 11.5 Å². The highest BCUT2D eigenvalue weighted by Crippen LogP contribution is 2.41. The molecule has 1 unspecified atom stereocenters. The van der Waals surface area contributed by atoms with Crippen molar-refractivity contribution in [2.24, 2.45) is 0 Å². The first kappa shape index (κ1) is 20.8. The van der Waals surface area contributed by atoms with Gasteiger partial charge in [-0.25, -0.2) is 0 Å². The van der Waals surface area contributed by atoms with Gasteiger partial charge in [-0.3, -0.25) is 14.6 Å². The molecule has 1 amide bonds.